The average Bonchev–Trinajstić information content (AvgIpc) is 3.16. The van der Waals surface area contributed by atoms with Crippen LogP contribution in [0.15, 0.2) is 24.3 Å². The highest BCUT2D eigenvalue weighted by atomic mass is 16.5. The van der Waals surface area contributed by atoms with Gasteiger partial charge in [-0.15, -0.1) is 0 Å². The summed E-state index contributed by atoms with van der Waals surface area (Å²) in [5, 5.41) is 5.68. The first kappa shape index (κ1) is 19.8. The number of methoxy groups -OCH3 is 1. The van der Waals surface area contributed by atoms with Crippen LogP contribution in [-0.4, -0.2) is 55.4 Å². The Bertz CT molecular complexity index is 630. The van der Waals surface area contributed by atoms with E-state index in [1.165, 1.54) is 0 Å². The van der Waals surface area contributed by atoms with Crippen LogP contribution in [0.4, 0.5) is 0 Å². The van der Waals surface area contributed by atoms with Gasteiger partial charge in [0.25, 0.3) is 5.91 Å². The van der Waals surface area contributed by atoms with E-state index in [0.717, 1.165) is 6.42 Å². The van der Waals surface area contributed by atoms with E-state index in [1.807, 2.05) is 0 Å². The molecule has 1 aromatic carbocycles. The number of hydrogen-bond acceptors (Lipinski definition) is 4. The molecule has 0 radical (unpaired) electrons. The first-order valence-electron chi connectivity index (χ1n) is 9.06. The fraction of sp³-hybridized carbons (Fsp3) is 0.526. The van der Waals surface area contributed by atoms with Crippen molar-refractivity contribution in [3.05, 3.63) is 29.8 Å². The van der Waals surface area contributed by atoms with E-state index < -0.39 is 0 Å². The maximum Gasteiger partial charge on any atom is 0.251 e. The number of hydrogen-bond donors (Lipinski definition) is 2. The van der Waals surface area contributed by atoms with Crippen molar-refractivity contribution in [3.63, 3.8) is 0 Å². The summed E-state index contributed by atoms with van der Waals surface area (Å²) in [6.07, 6.45) is 2.62. The van der Waals surface area contributed by atoms with Crippen molar-refractivity contribution in [1.29, 1.82) is 0 Å². The van der Waals surface area contributed by atoms with Crippen LogP contribution >= 0.6 is 0 Å². The van der Waals surface area contributed by atoms with Gasteiger partial charge in [-0.3, -0.25) is 14.4 Å². The quantitative estimate of drug-likeness (QED) is 0.684. The molecule has 0 bridgehead atoms. The maximum atomic E-state index is 12.3. The minimum atomic E-state index is -0.351. The summed E-state index contributed by atoms with van der Waals surface area (Å²) >= 11 is 0. The number of amides is 3. The second kappa shape index (κ2) is 9.79. The van der Waals surface area contributed by atoms with Crippen molar-refractivity contribution in [2.75, 3.05) is 26.7 Å². The molecule has 1 aliphatic heterocycles. The molecule has 1 heterocycles. The Kier molecular flexibility index (Phi) is 7.44. The van der Waals surface area contributed by atoms with Crippen LogP contribution in [0.25, 0.3) is 0 Å². The molecule has 1 aliphatic rings. The normalized spacial score (nSPS) is 16.2. The summed E-state index contributed by atoms with van der Waals surface area (Å²) in [5.74, 6) is 0.460. The Morgan fingerprint density at radius 2 is 1.85 bits per heavy atom. The van der Waals surface area contributed by atoms with Crippen molar-refractivity contribution >= 4 is 17.7 Å². The smallest absolute Gasteiger partial charge is 0.251 e. The molecule has 2 rings (SSSR count). The third kappa shape index (κ3) is 5.21. The highest BCUT2D eigenvalue weighted by Gasteiger charge is 2.32. The second-order valence-corrected chi connectivity index (χ2v) is 6.23. The monoisotopic (exact) mass is 361 g/mol. The van der Waals surface area contributed by atoms with E-state index in [4.69, 9.17) is 4.74 Å². The molecular weight excluding hydrogens is 334 g/mol. The summed E-state index contributed by atoms with van der Waals surface area (Å²) in [6.45, 7) is 3.39. The van der Waals surface area contributed by atoms with Gasteiger partial charge in [0.05, 0.1) is 7.11 Å². The van der Waals surface area contributed by atoms with E-state index in [2.05, 4.69) is 10.6 Å². The van der Waals surface area contributed by atoms with Crippen molar-refractivity contribution in [3.8, 4) is 5.75 Å². The molecule has 1 saturated heterocycles. The molecule has 1 aromatic rings. The number of benzene rings is 1. The lowest BCUT2D eigenvalue weighted by Crippen LogP contribution is -2.46. The number of nitrogens with one attached hydrogen (secondary N) is 2. The van der Waals surface area contributed by atoms with Gasteiger partial charge in [0, 0.05) is 31.6 Å². The number of rotatable bonds is 8. The molecule has 0 saturated carbocycles. The van der Waals surface area contributed by atoms with Crippen LogP contribution in [-0.2, 0) is 9.59 Å². The Morgan fingerprint density at radius 1 is 1.15 bits per heavy atom. The zero-order valence-corrected chi connectivity index (χ0v) is 15.4. The van der Waals surface area contributed by atoms with Crippen molar-refractivity contribution < 1.29 is 19.1 Å². The largest absolute Gasteiger partial charge is 0.497 e. The Labute approximate surface area is 154 Å². The van der Waals surface area contributed by atoms with E-state index >= 15 is 0 Å². The number of likely N-dealkylation sites (tertiary alicyclic amines) is 1. The third-order valence-corrected chi connectivity index (χ3v) is 4.47. The summed E-state index contributed by atoms with van der Waals surface area (Å²) in [4.78, 5) is 37.8. The lowest BCUT2D eigenvalue weighted by Gasteiger charge is -2.23. The Balaban J connectivity index is 1.67. The predicted octanol–water partition coefficient (Wildman–Crippen LogP) is 1.33. The highest BCUT2D eigenvalue weighted by Crippen LogP contribution is 2.18. The first-order valence-corrected chi connectivity index (χ1v) is 9.06. The van der Waals surface area contributed by atoms with Gasteiger partial charge in [-0.1, -0.05) is 6.92 Å². The predicted molar refractivity (Wildman–Crippen MR) is 98.0 cm³/mol. The molecule has 1 atom stereocenters. The minimum Gasteiger partial charge on any atom is -0.497 e. The Morgan fingerprint density at radius 3 is 2.50 bits per heavy atom. The van der Waals surface area contributed by atoms with Gasteiger partial charge in [-0.05, 0) is 43.5 Å². The van der Waals surface area contributed by atoms with Crippen molar-refractivity contribution in [1.82, 2.24) is 15.5 Å². The van der Waals surface area contributed by atoms with Crippen LogP contribution in [0.5, 0.6) is 5.75 Å². The molecule has 0 aromatic heterocycles. The lowest BCUT2D eigenvalue weighted by atomic mass is 10.2. The van der Waals surface area contributed by atoms with Crippen LogP contribution < -0.4 is 15.4 Å². The lowest BCUT2D eigenvalue weighted by molar-refractivity contribution is -0.138. The molecule has 26 heavy (non-hydrogen) atoms. The highest BCUT2D eigenvalue weighted by molar-refractivity contribution is 5.94. The van der Waals surface area contributed by atoms with E-state index in [1.54, 1.807) is 43.2 Å². The molecule has 7 heteroatoms. The van der Waals surface area contributed by atoms with Crippen molar-refractivity contribution in [2.24, 2.45) is 0 Å². The number of nitrogens with zero attached hydrogens (tertiary/aromatic N) is 1. The average molecular weight is 361 g/mol. The van der Waals surface area contributed by atoms with Crippen LogP contribution in [0.2, 0.25) is 0 Å². The summed E-state index contributed by atoms with van der Waals surface area (Å²) in [7, 11) is 1.58. The molecule has 0 spiro atoms. The van der Waals surface area contributed by atoms with Gasteiger partial charge >= 0.3 is 0 Å². The fourth-order valence-corrected chi connectivity index (χ4v) is 3.01. The van der Waals surface area contributed by atoms with Gasteiger partial charge in [0.2, 0.25) is 11.8 Å². The van der Waals surface area contributed by atoms with Crippen LogP contribution in [0.1, 0.15) is 43.0 Å². The van der Waals surface area contributed by atoms with E-state index in [9.17, 15) is 14.4 Å². The number of ether oxygens (including phenoxy) is 1. The molecular formula is C19H27N3O4. The van der Waals surface area contributed by atoms with E-state index in [-0.39, 0.29) is 23.8 Å². The van der Waals surface area contributed by atoms with Crippen LogP contribution in [0.3, 0.4) is 0 Å². The number of carbonyl (C=O) groups excluding carboxylic acids is 3. The molecule has 1 fully saturated rings. The van der Waals surface area contributed by atoms with Gasteiger partial charge in [-0.25, -0.2) is 0 Å². The van der Waals surface area contributed by atoms with Crippen LogP contribution in [0, 0.1) is 0 Å². The molecule has 142 valence electrons. The minimum absolute atomic E-state index is 0.0226. The van der Waals surface area contributed by atoms with Gasteiger partial charge in [0.1, 0.15) is 11.8 Å². The first-order chi connectivity index (χ1) is 12.6. The molecule has 0 aliphatic carbocycles. The second-order valence-electron chi connectivity index (χ2n) is 6.23. The molecule has 2 N–H and O–H groups in total. The fourth-order valence-electron chi connectivity index (χ4n) is 3.01. The van der Waals surface area contributed by atoms with Crippen molar-refractivity contribution in [2.45, 2.75) is 38.6 Å². The molecule has 0 unspecified atom stereocenters. The van der Waals surface area contributed by atoms with E-state index in [0.29, 0.717) is 50.2 Å². The number of carbonyl (C=O) groups is 3. The SMILES string of the molecule is CCC(=O)N1CCC[C@H]1C(=O)NCCCNC(=O)c1ccc(OC)cc1. The van der Waals surface area contributed by atoms with Gasteiger partial charge in [0.15, 0.2) is 0 Å². The molecule has 3 amide bonds. The Hall–Kier alpha value is -2.57. The topological polar surface area (TPSA) is 87.7 Å². The standard InChI is InChI=1S/C19H27N3O4/c1-3-17(23)22-13-4-6-16(22)19(25)21-12-5-11-20-18(24)14-7-9-15(26-2)10-8-14/h7-10,16H,3-6,11-13H2,1-2H3,(H,20,24)(H,21,25)/t16-/m0/s1. The van der Waals surface area contributed by atoms with Gasteiger partial charge < -0.3 is 20.3 Å². The van der Waals surface area contributed by atoms with Gasteiger partial charge in [-0.2, -0.15) is 0 Å². The zero-order chi connectivity index (χ0) is 18.9. The summed E-state index contributed by atoms with van der Waals surface area (Å²) in [5.41, 5.74) is 0.564. The zero-order valence-electron chi connectivity index (χ0n) is 15.4. The third-order valence-electron chi connectivity index (χ3n) is 4.47. The summed E-state index contributed by atoms with van der Waals surface area (Å²) in [6, 6.07) is 6.53. The summed E-state index contributed by atoms with van der Waals surface area (Å²) < 4.78 is 5.06. The molecule has 7 nitrogen and oxygen atoms in total. The maximum absolute atomic E-state index is 12.3.